The van der Waals surface area contributed by atoms with Gasteiger partial charge in [-0.3, -0.25) is 43.1 Å². The van der Waals surface area contributed by atoms with E-state index in [2.05, 4.69) is 168 Å². The highest BCUT2D eigenvalue weighted by Gasteiger charge is 2.26. The molecule has 48 heavy (non-hydrogen) atoms. The normalized spacial score (nSPS) is 10.1. The van der Waals surface area contributed by atoms with Crippen molar-refractivity contribution in [2.45, 2.75) is 125 Å². The van der Waals surface area contributed by atoms with Crippen LogP contribution in [0.4, 0.5) is 0 Å². The van der Waals surface area contributed by atoms with Gasteiger partial charge in [0.1, 0.15) is 0 Å². The smallest absolute Gasteiger partial charge is 0.350 e. The van der Waals surface area contributed by atoms with E-state index in [9.17, 15) is 0 Å². The van der Waals surface area contributed by atoms with Crippen LogP contribution in [0.1, 0.15) is 129 Å². The van der Waals surface area contributed by atoms with Gasteiger partial charge in [-0.2, -0.15) is 0 Å². The van der Waals surface area contributed by atoms with Crippen molar-refractivity contribution in [3.63, 3.8) is 0 Å². The molecule has 0 spiro atoms. The minimum atomic E-state index is 0. The molecule has 0 fully saturated rings. The van der Waals surface area contributed by atoms with E-state index in [0.29, 0.717) is 0 Å². The number of nitrogens with zero attached hydrogens (tertiary/aromatic N) is 9. The summed E-state index contributed by atoms with van der Waals surface area (Å²) < 4.78 is 7.38. The van der Waals surface area contributed by atoms with Crippen LogP contribution in [0.5, 0.6) is 0 Å². The van der Waals surface area contributed by atoms with Crippen LogP contribution < -0.4 is 0 Å². The summed E-state index contributed by atoms with van der Waals surface area (Å²) in [7, 11) is 0. The third-order valence-electron chi connectivity index (χ3n) is 9.42. The second-order valence-electron chi connectivity index (χ2n) is 11.5. The number of hydrogen-bond donors (Lipinski definition) is 0. The molecule has 0 N–H and O–H groups in total. The molecule has 0 aliphatic carbocycles. The Kier molecular flexibility index (Phi) is 33.5. The van der Waals surface area contributed by atoms with Crippen molar-refractivity contribution in [1.29, 1.82) is 0 Å². The summed E-state index contributed by atoms with van der Waals surface area (Å²) in [5.74, 6) is 4.21. The summed E-state index contributed by atoms with van der Waals surface area (Å²) in [6.45, 7) is 59.7. The Morgan fingerprint density at radius 2 is 0.354 bits per heavy atom. The molecule has 0 bridgehead atoms. The van der Waals surface area contributed by atoms with Crippen molar-refractivity contribution in [2.75, 3.05) is 118 Å². The van der Waals surface area contributed by atoms with Gasteiger partial charge in [0.25, 0.3) is 0 Å². The van der Waals surface area contributed by atoms with Crippen LogP contribution in [-0.4, -0.2) is 179 Å². The van der Waals surface area contributed by atoms with E-state index in [1.54, 1.807) is 0 Å². The molecule has 0 aromatic rings. The summed E-state index contributed by atoms with van der Waals surface area (Å²) in [5.41, 5.74) is 0. The molecule has 0 unspecified atom stereocenters. The Balaban J connectivity index is -0.000000145. The summed E-state index contributed by atoms with van der Waals surface area (Å²) in [6, 6.07) is 0. The average Bonchev–Trinajstić information content (AvgIpc) is 3.12. The molecular weight excluding hydrogens is 594 g/mol. The van der Waals surface area contributed by atoms with E-state index in [1.807, 2.05) is 0 Å². The van der Waals surface area contributed by atoms with Crippen LogP contribution in [0.2, 0.25) is 0 Å². The second-order valence-corrected chi connectivity index (χ2v) is 11.5. The Labute approximate surface area is 307 Å². The molecule has 0 radical (unpaired) electrons. The molecule has 0 atom stereocenters. The van der Waals surface area contributed by atoms with Gasteiger partial charge in [-0.15, -0.1) is 0 Å². The fourth-order valence-electron chi connectivity index (χ4n) is 6.36. The molecule has 0 aromatic carbocycles. The van der Waals surface area contributed by atoms with Gasteiger partial charge in [0.2, 0.25) is 0 Å². The van der Waals surface area contributed by atoms with Crippen LogP contribution >= 0.6 is 0 Å². The molecule has 0 saturated heterocycles. The van der Waals surface area contributed by atoms with Crippen LogP contribution in [0.15, 0.2) is 0 Å². The third kappa shape index (κ3) is 16.5. The molecule has 0 saturated carbocycles. The SMILES string of the molecule is CCN(CC)C(N(CC)CC)=[N+](CC)CC.CCN(CC)C(N(CC)CC)=[N+](CC)CC.CCN(CC)C(N(CC)CC)=[N+](CC)CC.[H-].[H-].[H-]. The standard InChI is InChI=1S/3C13H30N3.3H/c3*1-7-14(8-2)13(15(9-3)10-4)16(11-5)12-6;;;/h3*7-12H2,1-6H3;;;/q3*+1;3*-1. The Hall–Kier alpha value is -2.19. The van der Waals surface area contributed by atoms with Crippen molar-refractivity contribution in [1.82, 2.24) is 29.4 Å². The maximum atomic E-state index is 2.46. The molecule has 0 aromatic heterocycles. The van der Waals surface area contributed by atoms with Crippen molar-refractivity contribution in [2.24, 2.45) is 0 Å². The van der Waals surface area contributed by atoms with E-state index < -0.39 is 0 Å². The van der Waals surface area contributed by atoms with Crippen molar-refractivity contribution in [3.8, 4) is 0 Å². The third-order valence-corrected chi connectivity index (χ3v) is 9.42. The van der Waals surface area contributed by atoms with E-state index in [0.717, 1.165) is 118 Å². The molecule has 294 valence electrons. The predicted molar refractivity (Wildman–Crippen MR) is 220 cm³/mol. The van der Waals surface area contributed by atoms with Crippen molar-refractivity contribution in [3.05, 3.63) is 0 Å². The molecule has 9 heteroatoms. The highest BCUT2D eigenvalue weighted by atomic mass is 15.4. The molecular formula is C39H93N9. The van der Waals surface area contributed by atoms with Gasteiger partial charge in [-0.25, -0.2) is 0 Å². The van der Waals surface area contributed by atoms with Gasteiger partial charge in [-0.05, 0) is 125 Å². The molecule has 0 rings (SSSR count). The van der Waals surface area contributed by atoms with Crippen LogP contribution in [0.3, 0.4) is 0 Å². The number of guanidine groups is 3. The van der Waals surface area contributed by atoms with Crippen LogP contribution in [0, 0.1) is 0 Å². The first-order valence-corrected chi connectivity index (χ1v) is 20.4. The highest BCUT2D eigenvalue weighted by Crippen LogP contribution is 2.03. The monoisotopic (exact) mass is 688 g/mol. The topological polar surface area (TPSA) is 28.5 Å². The van der Waals surface area contributed by atoms with Gasteiger partial charge in [0.15, 0.2) is 0 Å². The first kappa shape index (κ1) is 50.2. The first-order chi connectivity index (χ1) is 23.1. The number of hydrogen-bond acceptors (Lipinski definition) is 0. The zero-order chi connectivity index (χ0) is 37.7. The number of rotatable bonds is 18. The fourth-order valence-corrected chi connectivity index (χ4v) is 6.36. The fraction of sp³-hybridized carbons (Fsp3) is 0.923. The molecule has 0 amide bonds. The minimum Gasteiger partial charge on any atom is -1.00 e. The molecule has 0 aliphatic heterocycles. The molecule has 0 heterocycles. The van der Waals surface area contributed by atoms with Gasteiger partial charge in [0.05, 0.1) is 118 Å². The Morgan fingerprint density at radius 1 is 0.250 bits per heavy atom. The summed E-state index contributed by atoms with van der Waals surface area (Å²) in [6.07, 6.45) is 0. The minimum absolute atomic E-state index is 0. The predicted octanol–water partition coefficient (Wildman–Crippen LogP) is 6.57. The molecule has 9 nitrogen and oxygen atoms in total. The first-order valence-electron chi connectivity index (χ1n) is 20.4. The quantitative estimate of drug-likeness (QED) is 0.0920. The van der Waals surface area contributed by atoms with Crippen LogP contribution in [0.25, 0.3) is 0 Å². The van der Waals surface area contributed by atoms with Gasteiger partial charge >= 0.3 is 17.9 Å². The summed E-state index contributed by atoms with van der Waals surface area (Å²) in [4.78, 5) is 14.8. The van der Waals surface area contributed by atoms with Gasteiger partial charge < -0.3 is 4.28 Å². The van der Waals surface area contributed by atoms with E-state index in [4.69, 9.17) is 0 Å². The van der Waals surface area contributed by atoms with E-state index >= 15 is 0 Å². The van der Waals surface area contributed by atoms with E-state index in [-0.39, 0.29) is 4.28 Å². The average molecular weight is 688 g/mol. The van der Waals surface area contributed by atoms with E-state index in [1.165, 1.54) is 17.9 Å². The lowest BCUT2D eigenvalue weighted by atomic mass is 10.4. The zero-order valence-electron chi connectivity index (χ0n) is 39.3. The largest absolute Gasteiger partial charge is 1.00 e. The maximum Gasteiger partial charge on any atom is 0.350 e. The maximum absolute atomic E-state index is 2.46. The van der Waals surface area contributed by atoms with Crippen LogP contribution in [-0.2, 0) is 0 Å². The molecule has 0 aliphatic rings. The van der Waals surface area contributed by atoms with Gasteiger partial charge in [0, 0.05) is 0 Å². The Bertz CT molecular complexity index is 675. The lowest BCUT2D eigenvalue weighted by Crippen LogP contribution is -2.49. The lowest BCUT2D eigenvalue weighted by molar-refractivity contribution is -0.531. The van der Waals surface area contributed by atoms with Gasteiger partial charge in [-0.1, -0.05) is 0 Å². The summed E-state index contributed by atoms with van der Waals surface area (Å²) >= 11 is 0. The Morgan fingerprint density at radius 3 is 0.417 bits per heavy atom. The lowest BCUT2D eigenvalue weighted by Gasteiger charge is -2.27. The summed E-state index contributed by atoms with van der Waals surface area (Å²) in [5, 5.41) is 0. The van der Waals surface area contributed by atoms with Crippen molar-refractivity contribution < 1.29 is 18.0 Å². The zero-order valence-corrected chi connectivity index (χ0v) is 36.3. The highest BCUT2D eigenvalue weighted by molar-refractivity contribution is 5.76. The van der Waals surface area contributed by atoms with Crippen molar-refractivity contribution >= 4 is 17.9 Å². The second kappa shape index (κ2) is 32.0.